The third-order valence-corrected chi connectivity index (χ3v) is 5.56. The molecule has 1 aliphatic rings. The summed E-state index contributed by atoms with van der Waals surface area (Å²) in [7, 11) is -4.83. The van der Waals surface area contributed by atoms with E-state index in [1.165, 1.54) is 30.1 Å². The van der Waals surface area contributed by atoms with Gasteiger partial charge in [-0.15, -0.1) is 0 Å². The van der Waals surface area contributed by atoms with Gasteiger partial charge in [0.15, 0.2) is 6.23 Å². The number of amides is 1. The molecule has 166 valence electrons. The van der Waals surface area contributed by atoms with Crippen LogP contribution in [0.4, 0.5) is 5.69 Å². The molecule has 14 nitrogen and oxygen atoms in total. The van der Waals surface area contributed by atoms with Gasteiger partial charge in [-0.05, 0) is 13.0 Å². The summed E-state index contributed by atoms with van der Waals surface area (Å²) in [6, 6.07) is 1.44. The first kappa shape index (κ1) is 21.5. The van der Waals surface area contributed by atoms with Crippen molar-refractivity contribution < 1.29 is 38.6 Å². The quantitative estimate of drug-likeness (QED) is 0.195. The summed E-state index contributed by atoms with van der Waals surface area (Å²) in [6.45, 7) is 0.572. The zero-order valence-corrected chi connectivity index (χ0v) is 16.8. The monoisotopic (exact) mass is 455 g/mol. The predicted octanol–water partition coefficient (Wildman–Crippen LogP) is -1.04. The number of aliphatic hydroxyl groups is 2. The molecule has 31 heavy (non-hydrogen) atoms. The third-order valence-electron chi connectivity index (χ3n) is 5.07. The van der Waals surface area contributed by atoms with Crippen LogP contribution in [0.1, 0.15) is 13.2 Å². The van der Waals surface area contributed by atoms with Gasteiger partial charge in [-0.3, -0.25) is 14.1 Å². The van der Waals surface area contributed by atoms with Gasteiger partial charge in [0, 0.05) is 17.0 Å². The third kappa shape index (κ3) is 3.74. The maximum absolute atomic E-state index is 12.2. The topological polar surface area (TPSA) is 209 Å². The zero-order valence-electron chi connectivity index (χ0n) is 15.9. The molecule has 1 fully saturated rings. The van der Waals surface area contributed by atoms with Crippen molar-refractivity contribution in [2.24, 2.45) is 0 Å². The molecule has 1 aliphatic heterocycles. The van der Waals surface area contributed by atoms with Crippen molar-refractivity contribution in [3.63, 3.8) is 0 Å². The molecule has 1 saturated heterocycles. The highest BCUT2D eigenvalue weighted by Crippen LogP contribution is 2.42. The lowest BCUT2D eigenvalue weighted by atomic mass is 9.97. The maximum Gasteiger partial charge on any atom is 0.469 e. The number of ether oxygens (including phenoxy) is 1. The predicted molar refractivity (Wildman–Crippen MR) is 104 cm³/mol. The second-order valence-electron chi connectivity index (χ2n) is 7.20. The molecule has 6 N–H and O–H groups in total. The number of phosphoric acid groups is 1. The molecule has 0 saturated carbocycles. The van der Waals surface area contributed by atoms with E-state index in [-0.39, 0.29) is 10.9 Å². The Bertz CT molecular complexity index is 1270. The van der Waals surface area contributed by atoms with Crippen molar-refractivity contribution in [3.8, 4) is 0 Å². The van der Waals surface area contributed by atoms with Gasteiger partial charge < -0.3 is 30.1 Å². The van der Waals surface area contributed by atoms with Crippen molar-refractivity contribution in [3.05, 3.63) is 28.8 Å². The first-order chi connectivity index (χ1) is 14.5. The van der Waals surface area contributed by atoms with Crippen LogP contribution in [-0.4, -0.2) is 70.8 Å². The number of anilines is 1. The van der Waals surface area contributed by atoms with Gasteiger partial charge in [0.25, 0.3) is 5.56 Å². The molecule has 3 heterocycles. The number of carbonyl (C=O) groups excluding carboxylic acids is 1. The van der Waals surface area contributed by atoms with E-state index in [1.54, 1.807) is 0 Å². The summed E-state index contributed by atoms with van der Waals surface area (Å²) in [5.74, 6) is 0. The number of H-pyrrole nitrogens is 1. The molecule has 0 radical (unpaired) electrons. The number of hydrogen-bond donors (Lipinski definition) is 6. The fraction of sp³-hybridized carbons (Fsp3) is 0.375. The number of rotatable bonds is 6. The van der Waals surface area contributed by atoms with Crippen molar-refractivity contribution in [2.45, 2.75) is 31.0 Å². The molecule has 0 aliphatic carbocycles. The number of carbonyl (C=O) groups is 1. The second kappa shape index (κ2) is 7.46. The Balaban J connectivity index is 1.83. The Morgan fingerprint density at radius 2 is 2.19 bits per heavy atom. The van der Waals surface area contributed by atoms with Gasteiger partial charge in [-0.1, -0.05) is 0 Å². The molecule has 0 unspecified atom stereocenters. The summed E-state index contributed by atoms with van der Waals surface area (Å²) in [5.41, 5.74) is -1.94. The Morgan fingerprint density at radius 1 is 1.45 bits per heavy atom. The minimum absolute atomic E-state index is 0.216. The van der Waals surface area contributed by atoms with Crippen LogP contribution >= 0.6 is 7.82 Å². The molecule has 2 aromatic heterocycles. The molecule has 3 aromatic rings. The van der Waals surface area contributed by atoms with E-state index in [9.17, 15) is 24.4 Å². The highest BCUT2D eigenvalue weighted by atomic mass is 31.2. The molecule has 1 amide bonds. The Hall–Kier alpha value is -2.71. The highest BCUT2D eigenvalue weighted by molar-refractivity contribution is 7.46. The first-order valence-electron chi connectivity index (χ1n) is 8.88. The van der Waals surface area contributed by atoms with E-state index < -0.39 is 44.0 Å². The number of nitrogens with zero attached hydrogens (tertiary/aromatic N) is 3. The number of hydrogen-bond acceptors (Lipinski definition) is 9. The number of nitrogens with one attached hydrogen (secondary N) is 2. The largest absolute Gasteiger partial charge is 0.469 e. The summed E-state index contributed by atoms with van der Waals surface area (Å²) in [4.78, 5) is 41.0. The van der Waals surface area contributed by atoms with E-state index in [4.69, 9.17) is 14.5 Å². The molecule has 15 heteroatoms. The van der Waals surface area contributed by atoms with Crippen molar-refractivity contribution >= 4 is 41.6 Å². The summed E-state index contributed by atoms with van der Waals surface area (Å²) in [6.07, 6.45) is -1.06. The lowest BCUT2D eigenvalue weighted by Gasteiger charge is -2.27. The minimum atomic E-state index is -4.83. The average Bonchev–Trinajstić information content (AvgIpc) is 3.09. The standard InChI is InChI=1S/C16H18N5O9P/c1-16(25)13(23)11(5-29-31(26,27)28)30-15(16)21-4-8-9(17-6-22)2-7-12(8)10(20-21)3-18-19-14(7)24/h2-4,6,11,13,15,23,25H,5H2,1H3,(H,17,22)(H,19,24)(H2,26,27,28)/t11-,13-,15-,16-/m1/s1. The van der Waals surface area contributed by atoms with Gasteiger partial charge in [0.05, 0.1) is 23.9 Å². The van der Waals surface area contributed by atoms with E-state index >= 15 is 0 Å². The molecule has 0 bridgehead atoms. The number of aliphatic hydroxyl groups excluding tert-OH is 1. The van der Waals surface area contributed by atoms with Gasteiger partial charge in [-0.25, -0.2) is 14.3 Å². The van der Waals surface area contributed by atoms with Crippen molar-refractivity contribution in [1.29, 1.82) is 0 Å². The lowest BCUT2D eigenvalue weighted by molar-refractivity contribution is -0.105. The fourth-order valence-corrected chi connectivity index (χ4v) is 3.98. The number of phosphoric ester groups is 1. The number of aromatic nitrogens is 4. The molecular formula is C16H18N5O9P. The van der Waals surface area contributed by atoms with E-state index in [0.717, 1.165) is 0 Å². The fourth-order valence-electron chi connectivity index (χ4n) is 3.64. The molecule has 4 atom stereocenters. The van der Waals surface area contributed by atoms with Crippen LogP contribution in [0.15, 0.2) is 23.3 Å². The van der Waals surface area contributed by atoms with Crippen LogP contribution in [-0.2, 0) is 18.6 Å². The van der Waals surface area contributed by atoms with E-state index in [2.05, 4.69) is 25.1 Å². The lowest BCUT2D eigenvalue weighted by Crippen LogP contribution is -2.44. The van der Waals surface area contributed by atoms with Crippen LogP contribution in [0.5, 0.6) is 0 Å². The van der Waals surface area contributed by atoms with E-state index in [1.807, 2.05) is 0 Å². The van der Waals surface area contributed by atoms with Gasteiger partial charge >= 0.3 is 7.82 Å². The highest BCUT2D eigenvalue weighted by Gasteiger charge is 2.53. The normalized spacial score (nSPS) is 26.5. The molecule has 1 aromatic carbocycles. The van der Waals surface area contributed by atoms with E-state index in [0.29, 0.717) is 22.9 Å². The number of aromatic amines is 1. The Labute approximate surface area is 172 Å². The second-order valence-corrected chi connectivity index (χ2v) is 8.44. The SMILES string of the molecule is C[C@@]1(O)[C@H](O)[C@@H](COP(=O)(O)O)O[C@H]1n1cc2c(NC=O)cc3c(=O)[nH]ncc(n1)c23. The Morgan fingerprint density at radius 3 is 2.87 bits per heavy atom. The Kier molecular flexibility index (Phi) is 5.18. The van der Waals surface area contributed by atoms with Gasteiger partial charge in [0.1, 0.15) is 23.3 Å². The summed E-state index contributed by atoms with van der Waals surface area (Å²) < 4.78 is 22.1. The first-order valence-corrected chi connectivity index (χ1v) is 10.4. The van der Waals surface area contributed by atoms with Crippen LogP contribution < -0.4 is 10.9 Å². The summed E-state index contributed by atoms with van der Waals surface area (Å²) in [5, 5.41) is 35.2. The maximum atomic E-state index is 12.2. The molecular weight excluding hydrogens is 437 g/mol. The van der Waals surface area contributed by atoms with Crippen LogP contribution in [0, 0.1) is 0 Å². The summed E-state index contributed by atoms with van der Waals surface area (Å²) >= 11 is 0. The molecule has 4 rings (SSSR count). The smallest absolute Gasteiger partial charge is 0.387 e. The molecule has 0 spiro atoms. The van der Waals surface area contributed by atoms with Crippen LogP contribution in [0.3, 0.4) is 0 Å². The zero-order chi connectivity index (χ0) is 22.6. The van der Waals surface area contributed by atoms with Crippen LogP contribution in [0.2, 0.25) is 0 Å². The average molecular weight is 455 g/mol. The van der Waals surface area contributed by atoms with Crippen molar-refractivity contribution in [2.75, 3.05) is 11.9 Å². The van der Waals surface area contributed by atoms with Crippen molar-refractivity contribution in [1.82, 2.24) is 20.0 Å². The van der Waals surface area contributed by atoms with Gasteiger partial charge in [0.2, 0.25) is 6.41 Å². The van der Waals surface area contributed by atoms with Crippen LogP contribution in [0.25, 0.3) is 21.7 Å². The van der Waals surface area contributed by atoms with Gasteiger partial charge in [-0.2, -0.15) is 10.2 Å². The minimum Gasteiger partial charge on any atom is -0.387 e.